The van der Waals surface area contributed by atoms with Crippen LogP contribution in [-0.2, 0) is 14.8 Å². The molecule has 0 heterocycles. The molecular formula is C19H17BrN2O3S. The van der Waals surface area contributed by atoms with E-state index in [1.807, 2.05) is 36.4 Å². The zero-order valence-electron chi connectivity index (χ0n) is 13.8. The van der Waals surface area contributed by atoms with Crippen molar-refractivity contribution in [3.05, 3.63) is 71.2 Å². The van der Waals surface area contributed by atoms with E-state index in [1.54, 1.807) is 30.3 Å². The van der Waals surface area contributed by atoms with Crippen LogP contribution in [0.3, 0.4) is 0 Å². The van der Waals surface area contributed by atoms with E-state index in [0.717, 1.165) is 15.2 Å². The molecule has 0 aliphatic heterocycles. The summed E-state index contributed by atoms with van der Waals surface area (Å²) in [4.78, 5) is 12.1. The minimum atomic E-state index is -3.66. The molecule has 0 aliphatic carbocycles. The van der Waals surface area contributed by atoms with Gasteiger partial charge in [-0.3, -0.25) is 4.79 Å². The fraction of sp³-hybridized carbons (Fsp3) is 0.105. The molecule has 0 saturated carbocycles. The van der Waals surface area contributed by atoms with Gasteiger partial charge in [0.2, 0.25) is 15.9 Å². The molecule has 0 bridgehead atoms. The Kier molecular flexibility index (Phi) is 5.70. The van der Waals surface area contributed by atoms with Gasteiger partial charge in [0.15, 0.2) is 0 Å². The molecule has 0 aliphatic rings. The molecular weight excluding hydrogens is 416 g/mol. The molecule has 3 aromatic carbocycles. The molecule has 0 radical (unpaired) electrons. The lowest BCUT2D eigenvalue weighted by atomic mass is 10.1. The lowest BCUT2D eigenvalue weighted by Gasteiger charge is -2.09. The molecule has 1 amide bonds. The van der Waals surface area contributed by atoms with Crippen LogP contribution >= 0.6 is 15.9 Å². The predicted octanol–water partition coefficient (Wildman–Crippen LogP) is 3.91. The van der Waals surface area contributed by atoms with Crippen molar-refractivity contribution in [2.24, 2.45) is 0 Å². The van der Waals surface area contributed by atoms with Crippen LogP contribution in [0.5, 0.6) is 0 Å². The van der Waals surface area contributed by atoms with Gasteiger partial charge in [-0.05, 0) is 41.1 Å². The van der Waals surface area contributed by atoms with E-state index >= 15 is 0 Å². The second-order valence-electron chi connectivity index (χ2n) is 5.72. The molecule has 26 heavy (non-hydrogen) atoms. The van der Waals surface area contributed by atoms with Crippen LogP contribution in [-0.4, -0.2) is 20.9 Å². The second-order valence-corrected chi connectivity index (χ2v) is 8.40. The summed E-state index contributed by atoms with van der Waals surface area (Å²) in [5, 5.41) is 4.55. The fourth-order valence-electron chi connectivity index (χ4n) is 2.51. The van der Waals surface area contributed by atoms with E-state index in [2.05, 4.69) is 26.0 Å². The average molecular weight is 433 g/mol. The molecule has 5 nitrogen and oxygen atoms in total. The van der Waals surface area contributed by atoms with Gasteiger partial charge in [-0.1, -0.05) is 52.3 Å². The van der Waals surface area contributed by atoms with E-state index < -0.39 is 10.0 Å². The standard InChI is InChI=1S/C19H17BrN2O3S/c20-16-6-3-7-17(13-16)22-19(23)10-11-21-26(24,25)18-9-8-14-4-1-2-5-15(14)12-18/h1-9,12-13,21H,10-11H2,(H,22,23). The summed E-state index contributed by atoms with van der Waals surface area (Å²) < 4.78 is 28.1. The van der Waals surface area contributed by atoms with Gasteiger partial charge in [-0.2, -0.15) is 0 Å². The number of benzene rings is 3. The number of fused-ring (bicyclic) bond motifs is 1. The zero-order valence-corrected chi connectivity index (χ0v) is 16.2. The zero-order chi connectivity index (χ0) is 18.6. The van der Waals surface area contributed by atoms with Crippen LogP contribution in [0.25, 0.3) is 10.8 Å². The molecule has 0 unspecified atom stereocenters. The maximum atomic E-state index is 12.4. The van der Waals surface area contributed by atoms with Gasteiger partial charge in [-0.25, -0.2) is 13.1 Å². The van der Waals surface area contributed by atoms with E-state index in [0.29, 0.717) is 5.69 Å². The molecule has 3 aromatic rings. The van der Waals surface area contributed by atoms with Crippen molar-refractivity contribution in [3.63, 3.8) is 0 Å². The Bertz CT molecular complexity index is 1050. The smallest absolute Gasteiger partial charge is 0.240 e. The van der Waals surface area contributed by atoms with E-state index in [1.165, 1.54) is 0 Å². The lowest BCUT2D eigenvalue weighted by Crippen LogP contribution is -2.27. The van der Waals surface area contributed by atoms with Gasteiger partial charge in [0.1, 0.15) is 0 Å². The van der Waals surface area contributed by atoms with Crippen molar-refractivity contribution in [1.29, 1.82) is 0 Å². The molecule has 0 fully saturated rings. The summed E-state index contributed by atoms with van der Waals surface area (Å²) in [6.07, 6.45) is 0.0410. The predicted molar refractivity (Wildman–Crippen MR) is 107 cm³/mol. The Morgan fingerprint density at radius 3 is 2.46 bits per heavy atom. The van der Waals surface area contributed by atoms with Gasteiger partial charge >= 0.3 is 0 Å². The second kappa shape index (κ2) is 7.99. The number of hydrogen-bond donors (Lipinski definition) is 2. The number of sulfonamides is 1. The molecule has 134 valence electrons. The van der Waals surface area contributed by atoms with Crippen LogP contribution in [0.15, 0.2) is 76.1 Å². The topological polar surface area (TPSA) is 75.3 Å². The summed E-state index contributed by atoms with van der Waals surface area (Å²) in [6, 6.07) is 19.7. The molecule has 0 spiro atoms. The largest absolute Gasteiger partial charge is 0.326 e. The summed E-state index contributed by atoms with van der Waals surface area (Å²) >= 11 is 3.33. The highest BCUT2D eigenvalue weighted by molar-refractivity contribution is 9.10. The minimum absolute atomic E-state index is 0.0228. The SMILES string of the molecule is O=C(CCNS(=O)(=O)c1ccc2ccccc2c1)Nc1cccc(Br)c1. The first-order chi connectivity index (χ1) is 12.4. The van der Waals surface area contributed by atoms with Gasteiger partial charge in [0.05, 0.1) is 4.90 Å². The number of hydrogen-bond acceptors (Lipinski definition) is 3. The normalized spacial score (nSPS) is 11.4. The number of halogens is 1. The summed E-state index contributed by atoms with van der Waals surface area (Å²) in [6.45, 7) is 0.0228. The molecule has 0 saturated heterocycles. The monoisotopic (exact) mass is 432 g/mol. The number of rotatable bonds is 6. The van der Waals surface area contributed by atoms with Crippen molar-refractivity contribution in [2.45, 2.75) is 11.3 Å². The highest BCUT2D eigenvalue weighted by Gasteiger charge is 2.14. The van der Waals surface area contributed by atoms with Crippen LogP contribution in [0.4, 0.5) is 5.69 Å². The summed E-state index contributed by atoms with van der Waals surface area (Å²) in [5.41, 5.74) is 0.654. The Morgan fingerprint density at radius 2 is 1.69 bits per heavy atom. The number of carbonyl (C=O) groups is 1. The maximum Gasteiger partial charge on any atom is 0.240 e. The van der Waals surface area contributed by atoms with Crippen LogP contribution < -0.4 is 10.0 Å². The van der Waals surface area contributed by atoms with E-state index in [-0.39, 0.29) is 23.8 Å². The Hall–Kier alpha value is -2.22. The molecule has 3 rings (SSSR count). The van der Waals surface area contributed by atoms with Crippen LogP contribution in [0, 0.1) is 0 Å². The third kappa shape index (κ3) is 4.69. The third-order valence-electron chi connectivity index (χ3n) is 3.78. The number of nitrogens with one attached hydrogen (secondary N) is 2. The first-order valence-corrected chi connectivity index (χ1v) is 10.3. The first-order valence-electron chi connectivity index (χ1n) is 7.98. The van der Waals surface area contributed by atoms with Crippen molar-refractivity contribution < 1.29 is 13.2 Å². The first kappa shape index (κ1) is 18.6. The maximum absolute atomic E-state index is 12.4. The number of carbonyl (C=O) groups excluding carboxylic acids is 1. The number of anilines is 1. The molecule has 0 aromatic heterocycles. The fourth-order valence-corrected chi connectivity index (χ4v) is 3.97. The van der Waals surface area contributed by atoms with Gasteiger partial charge in [0, 0.05) is 23.1 Å². The number of amides is 1. The van der Waals surface area contributed by atoms with E-state index in [4.69, 9.17) is 0 Å². The van der Waals surface area contributed by atoms with Crippen molar-refractivity contribution in [3.8, 4) is 0 Å². The van der Waals surface area contributed by atoms with Gasteiger partial charge < -0.3 is 5.32 Å². The summed E-state index contributed by atoms with van der Waals surface area (Å²) in [7, 11) is -3.66. The quantitative estimate of drug-likeness (QED) is 0.619. The van der Waals surface area contributed by atoms with Crippen LogP contribution in [0.1, 0.15) is 6.42 Å². The minimum Gasteiger partial charge on any atom is -0.326 e. The van der Waals surface area contributed by atoms with E-state index in [9.17, 15) is 13.2 Å². The van der Waals surface area contributed by atoms with Crippen molar-refractivity contribution in [1.82, 2.24) is 4.72 Å². The van der Waals surface area contributed by atoms with Gasteiger partial charge in [0.25, 0.3) is 0 Å². The Labute approximate surface area is 160 Å². The highest BCUT2D eigenvalue weighted by atomic mass is 79.9. The van der Waals surface area contributed by atoms with Crippen molar-refractivity contribution >= 4 is 48.3 Å². The highest BCUT2D eigenvalue weighted by Crippen LogP contribution is 2.19. The Morgan fingerprint density at radius 1 is 0.923 bits per heavy atom. The molecule has 7 heteroatoms. The average Bonchev–Trinajstić information content (AvgIpc) is 2.61. The summed E-state index contributed by atoms with van der Waals surface area (Å²) in [5.74, 6) is -0.260. The van der Waals surface area contributed by atoms with Crippen molar-refractivity contribution in [2.75, 3.05) is 11.9 Å². The third-order valence-corrected chi connectivity index (χ3v) is 5.74. The Balaban J connectivity index is 1.59. The molecule has 2 N–H and O–H groups in total. The van der Waals surface area contributed by atoms with Crippen LogP contribution in [0.2, 0.25) is 0 Å². The van der Waals surface area contributed by atoms with Gasteiger partial charge in [-0.15, -0.1) is 0 Å². The molecule has 0 atom stereocenters. The lowest BCUT2D eigenvalue weighted by molar-refractivity contribution is -0.116.